The summed E-state index contributed by atoms with van der Waals surface area (Å²) in [7, 11) is 0. The number of aromatic nitrogens is 2. The summed E-state index contributed by atoms with van der Waals surface area (Å²) in [6.45, 7) is 6.81. The van der Waals surface area contributed by atoms with Crippen molar-refractivity contribution in [1.29, 1.82) is 0 Å². The third-order valence-electron chi connectivity index (χ3n) is 5.16. The van der Waals surface area contributed by atoms with Gasteiger partial charge in [0.25, 0.3) is 0 Å². The molecule has 1 aliphatic heterocycles. The molecule has 0 aromatic carbocycles. The standard InChI is InChI=1S/C18H24N4O4S/c1-9-11(3)27-17-13(9)15(19-8-20-17)22-6-4-12(5-7-22)16(24)21-14(10(2)23)18(25)26/h8,10,12,14,23H,4-7H2,1-3H3,(H,21,24)(H,25,26)/t10-,14+/m1/s1. The summed E-state index contributed by atoms with van der Waals surface area (Å²) in [5.41, 5.74) is 1.19. The maximum atomic E-state index is 12.4. The number of rotatable bonds is 5. The fraction of sp³-hybridized carbons (Fsp3) is 0.556. The van der Waals surface area contributed by atoms with Crippen LogP contribution in [0.4, 0.5) is 5.82 Å². The summed E-state index contributed by atoms with van der Waals surface area (Å²) in [6.07, 6.45) is 1.63. The van der Waals surface area contributed by atoms with Gasteiger partial charge in [-0.15, -0.1) is 11.3 Å². The zero-order chi connectivity index (χ0) is 19.7. The number of nitrogens with one attached hydrogen (secondary N) is 1. The number of fused-ring (bicyclic) bond motifs is 1. The highest BCUT2D eigenvalue weighted by molar-refractivity contribution is 7.18. The van der Waals surface area contributed by atoms with Crippen molar-refractivity contribution < 1.29 is 19.8 Å². The molecular weight excluding hydrogens is 368 g/mol. The van der Waals surface area contributed by atoms with E-state index in [9.17, 15) is 14.7 Å². The Morgan fingerprint density at radius 2 is 1.96 bits per heavy atom. The van der Waals surface area contributed by atoms with Crippen molar-refractivity contribution >= 4 is 39.2 Å². The molecule has 1 amide bonds. The molecule has 2 aromatic rings. The van der Waals surface area contributed by atoms with Crippen LogP contribution in [-0.2, 0) is 9.59 Å². The van der Waals surface area contributed by atoms with E-state index in [1.165, 1.54) is 17.4 Å². The van der Waals surface area contributed by atoms with Crippen LogP contribution in [0.25, 0.3) is 10.2 Å². The molecule has 0 radical (unpaired) electrons. The molecule has 0 bridgehead atoms. The SMILES string of the molecule is Cc1sc2ncnc(N3CCC(C(=O)N[C@H](C(=O)O)[C@@H](C)O)CC3)c2c1C. The Labute approximate surface area is 161 Å². The number of carbonyl (C=O) groups is 2. The molecule has 2 atom stereocenters. The molecule has 27 heavy (non-hydrogen) atoms. The van der Waals surface area contributed by atoms with E-state index in [1.54, 1.807) is 17.7 Å². The lowest BCUT2D eigenvalue weighted by molar-refractivity contribution is -0.145. The molecule has 0 spiro atoms. The second-order valence-electron chi connectivity index (χ2n) is 6.99. The van der Waals surface area contributed by atoms with Crippen molar-refractivity contribution in [3.63, 3.8) is 0 Å². The van der Waals surface area contributed by atoms with Gasteiger partial charge in [-0.05, 0) is 39.2 Å². The van der Waals surface area contributed by atoms with Gasteiger partial charge in [-0.1, -0.05) is 0 Å². The van der Waals surface area contributed by atoms with E-state index in [1.807, 2.05) is 0 Å². The third kappa shape index (κ3) is 3.89. The molecule has 0 unspecified atom stereocenters. The van der Waals surface area contributed by atoms with Crippen molar-refractivity contribution in [2.45, 2.75) is 45.8 Å². The van der Waals surface area contributed by atoms with Gasteiger partial charge in [0.15, 0.2) is 6.04 Å². The van der Waals surface area contributed by atoms with Gasteiger partial charge in [-0.25, -0.2) is 14.8 Å². The number of piperidine rings is 1. The molecular formula is C18H24N4O4S. The molecule has 1 saturated heterocycles. The number of amides is 1. The molecule has 3 heterocycles. The van der Waals surface area contributed by atoms with E-state index in [-0.39, 0.29) is 11.8 Å². The molecule has 0 aliphatic carbocycles. The van der Waals surface area contributed by atoms with E-state index in [0.717, 1.165) is 16.0 Å². The average Bonchev–Trinajstić information content (AvgIpc) is 2.93. The lowest BCUT2D eigenvalue weighted by Crippen LogP contribution is -2.51. The van der Waals surface area contributed by atoms with Crippen molar-refractivity contribution in [3.05, 3.63) is 16.8 Å². The maximum Gasteiger partial charge on any atom is 0.328 e. The predicted octanol–water partition coefficient (Wildman–Crippen LogP) is 1.47. The number of aliphatic hydroxyl groups excluding tert-OH is 1. The van der Waals surface area contributed by atoms with Gasteiger partial charge >= 0.3 is 5.97 Å². The number of anilines is 1. The number of carboxylic acids is 1. The number of aliphatic carboxylic acids is 1. The summed E-state index contributed by atoms with van der Waals surface area (Å²) in [5, 5.41) is 22.2. The van der Waals surface area contributed by atoms with Crippen LogP contribution in [0.15, 0.2) is 6.33 Å². The van der Waals surface area contributed by atoms with E-state index in [2.05, 4.69) is 34.0 Å². The minimum absolute atomic E-state index is 0.274. The Balaban J connectivity index is 1.69. The van der Waals surface area contributed by atoms with Gasteiger partial charge in [0.05, 0.1) is 11.5 Å². The van der Waals surface area contributed by atoms with Crippen LogP contribution in [0.5, 0.6) is 0 Å². The number of aryl methyl sites for hydroxylation is 2. The van der Waals surface area contributed by atoms with Crippen molar-refractivity contribution in [2.75, 3.05) is 18.0 Å². The molecule has 9 heteroatoms. The lowest BCUT2D eigenvalue weighted by atomic mass is 9.95. The van der Waals surface area contributed by atoms with E-state index in [4.69, 9.17) is 5.11 Å². The maximum absolute atomic E-state index is 12.4. The number of hydrogen-bond acceptors (Lipinski definition) is 7. The van der Waals surface area contributed by atoms with Gasteiger partial charge < -0.3 is 20.4 Å². The largest absolute Gasteiger partial charge is 0.480 e. The Morgan fingerprint density at radius 1 is 1.30 bits per heavy atom. The van der Waals surface area contributed by atoms with Crippen molar-refractivity contribution in [3.8, 4) is 0 Å². The Kier molecular flexibility index (Phi) is 5.61. The quantitative estimate of drug-likeness (QED) is 0.706. The van der Waals surface area contributed by atoms with Crippen LogP contribution < -0.4 is 10.2 Å². The van der Waals surface area contributed by atoms with Gasteiger partial charge in [-0.2, -0.15) is 0 Å². The molecule has 3 N–H and O–H groups in total. The fourth-order valence-corrected chi connectivity index (χ4v) is 4.41. The average molecular weight is 392 g/mol. The first-order valence-electron chi connectivity index (χ1n) is 8.96. The van der Waals surface area contributed by atoms with Gasteiger partial charge in [-0.3, -0.25) is 4.79 Å². The Bertz CT molecular complexity index is 858. The first-order valence-corrected chi connectivity index (χ1v) is 9.78. The first kappa shape index (κ1) is 19.5. The molecule has 146 valence electrons. The second-order valence-corrected chi connectivity index (χ2v) is 8.19. The highest BCUT2D eigenvalue weighted by Gasteiger charge is 2.31. The summed E-state index contributed by atoms with van der Waals surface area (Å²) >= 11 is 1.65. The van der Waals surface area contributed by atoms with Crippen LogP contribution in [-0.4, -0.2) is 57.3 Å². The number of nitrogens with zero attached hydrogens (tertiary/aromatic N) is 3. The smallest absolute Gasteiger partial charge is 0.328 e. The minimum Gasteiger partial charge on any atom is -0.480 e. The molecule has 1 fully saturated rings. The number of aliphatic hydroxyl groups is 1. The van der Waals surface area contributed by atoms with Crippen molar-refractivity contribution in [1.82, 2.24) is 15.3 Å². The molecule has 8 nitrogen and oxygen atoms in total. The van der Waals surface area contributed by atoms with E-state index in [0.29, 0.717) is 25.9 Å². The molecule has 0 saturated carbocycles. The topological polar surface area (TPSA) is 116 Å². The van der Waals surface area contributed by atoms with Gasteiger partial charge in [0.2, 0.25) is 5.91 Å². The van der Waals surface area contributed by atoms with Crippen LogP contribution in [0.3, 0.4) is 0 Å². The Hall–Kier alpha value is -2.26. The van der Waals surface area contributed by atoms with Gasteiger partial charge in [0, 0.05) is 23.9 Å². The first-order chi connectivity index (χ1) is 12.8. The van der Waals surface area contributed by atoms with Crippen molar-refractivity contribution in [2.24, 2.45) is 5.92 Å². The molecule has 1 aliphatic rings. The third-order valence-corrected chi connectivity index (χ3v) is 6.27. The number of thiophene rings is 1. The zero-order valence-electron chi connectivity index (χ0n) is 15.6. The van der Waals surface area contributed by atoms with Gasteiger partial charge in [0.1, 0.15) is 17.0 Å². The number of hydrogen-bond donors (Lipinski definition) is 3. The van der Waals surface area contributed by atoms with Crippen LogP contribution in [0, 0.1) is 19.8 Å². The van der Waals surface area contributed by atoms with E-state index >= 15 is 0 Å². The summed E-state index contributed by atoms with van der Waals surface area (Å²) in [6, 6.07) is -1.28. The highest BCUT2D eigenvalue weighted by Crippen LogP contribution is 2.35. The summed E-state index contributed by atoms with van der Waals surface area (Å²) in [4.78, 5) is 36.8. The van der Waals surface area contributed by atoms with E-state index < -0.39 is 18.1 Å². The lowest BCUT2D eigenvalue weighted by Gasteiger charge is -2.33. The predicted molar refractivity (Wildman–Crippen MR) is 103 cm³/mol. The summed E-state index contributed by atoms with van der Waals surface area (Å²) < 4.78 is 0. The minimum atomic E-state index is -1.28. The number of carbonyl (C=O) groups excluding carboxylic acids is 1. The Morgan fingerprint density at radius 3 is 2.56 bits per heavy atom. The normalized spacial score (nSPS) is 17.7. The number of carboxylic acid groups (broad SMARTS) is 1. The highest BCUT2D eigenvalue weighted by atomic mass is 32.1. The van der Waals surface area contributed by atoms with Crippen LogP contribution in [0.1, 0.15) is 30.2 Å². The van der Waals surface area contributed by atoms with Crippen LogP contribution >= 0.6 is 11.3 Å². The fourth-order valence-electron chi connectivity index (χ4n) is 3.42. The summed E-state index contributed by atoms with van der Waals surface area (Å²) in [5.74, 6) is -0.932. The zero-order valence-corrected chi connectivity index (χ0v) is 16.4. The second kappa shape index (κ2) is 7.77. The molecule has 2 aromatic heterocycles. The van der Waals surface area contributed by atoms with Crippen LogP contribution in [0.2, 0.25) is 0 Å². The molecule has 3 rings (SSSR count). The monoisotopic (exact) mass is 392 g/mol.